The van der Waals surface area contributed by atoms with E-state index < -0.39 is 0 Å². The summed E-state index contributed by atoms with van der Waals surface area (Å²) in [5, 5.41) is 6.06. The van der Waals surface area contributed by atoms with Crippen LogP contribution < -0.4 is 10.6 Å². The van der Waals surface area contributed by atoms with Gasteiger partial charge in [-0.15, -0.1) is 0 Å². The van der Waals surface area contributed by atoms with Gasteiger partial charge in [-0.05, 0) is 54.1 Å². The average Bonchev–Trinajstić information content (AvgIpc) is 3.16. The van der Waals surface area contributed by atoms with Crippen molar-refractivity contribution in [3.05, 3.63) is 90.0 Å². The molecule has 0 atom stereocenters. The summed E-state index contributed by atoms with van der Waals surface area (Å²) in [6.45, 7) is 0.290. The van der Waals surface area contributed by atoms with E-state index in [9.17, 15) is 18.4 Å². The number of benzene rings is 3. The lowest BCUT2D eigenvalue weighted by atomic mass is 10.2. The zero-order valence-electron chi connectivity index (χ0n) is 17.4. The molecule has 33 heavy (non-hydrogen) atoms. The van der Waals surface area contributed by atoms with Gasteiger partial charge in [0.1, 0.15) is 18.2 Å². The number of halogens is 2. The molecule has 168 valence electrons. The third-order valence-corrected chi connectivity index (χ3v) is 5.76. The van der Waals surface area contributed by atoms with E-state index >= 15 is 0 Å². The van der Waals surface area contributed by atoms with Crippen LogP contribution in [0.15, 0.2) is 78.0 Å². The van der Waals surface area contributed by atoms with Crippen LogP contribution in [0.25, 0.3) is 11.0 Å². The minimum absolute atomic E-state index is 0.0175. The first kappa shape index (κ1) is 22.5. The van der Waals surface area contributed by atoms with Crippen molar-refractivity contribution in [2.24, 2.45) is 0 Å². The Hall–Kier alpha value is -3.72. The summed E-state index contributed by atoms with van der Waals surface area (Å²) in [4.78, 5) is 29.5. The molecule has 0 saturated heterocycles. The molecular formula is C24H20F2N4O2S. The Morgan fingerprint density at radius 3 is 2.27 bits per heavy atom. The van der Waals surface area contributed by atoms with E-state index in [1.54, 1.807) is 16.7 Å². The van der Waals surface area contributed by atoms with E-state index in [1.165, 1.54) is 48.2 Å². The number of nitrogens with one attached hydrogen (secondary N) is 2. The maximum absolute atomic E-state index is 13.1. The molecular weight excluding hydrogens is 446 g/mol. The van der Waals surface area contributed by atoms with Gasteiger partial charge in [0.15, 0.2) is 5.16 Å². The number of carbonyl (C=O) groups is 2. The van der Waals surface area contributed by atoms with Crippen LogP contribution in [0.5, 0.6) is 0 Å². The topological polar surface area (TPSA) is 76.0 Å². The molecule has 1 heterocycles. The van der Waals surface area contributed by atoms with E-state index in [2.05, 4.69) is 15.6 Å². The summed E-state index contributed by atoms with van der Waals surface area (Å²) in [5.41, 5.74) is 2.77. The number of fused-ring (bicyclic) bond motifs is 1. The molecule has 9 heteroatoms. The predicted octanol–water partition coefficient (Wildman–Crippen LogP) is 4.36. The molecule has 4 aromatic rings. The number of hydrogen-bond acceptors (Lipinski definition) is 4. The first-order valence-electron chi connectivity index (χ1n) is 10.1. The lowest BCUT2D eigenvalue weighted by Crippen LogP contribution is -2.27. The van der Waals surface area contributed by atoms with Gasteiger partial charge >= 0.3 is 0 Å². The zero-order chi connectivity index (χ0) is 23.2. The average molecular weight is 467 g/mol. The van der Waals surface area contributed by atoms with Gasteiger partial charge in [-0.25, -0.2) is 13.8 Å². The molecule has 0 aliphatic heterocycles. The maximum Gasteiger partial charge on any atom is 0.240 e. The smallest absolute Gasteiger partial charge is 0.240 e. The van der Waals surface area contributed by atoms with Crippen molar-refractivity contribution >= 4 is 40.3 Å². The number of carbonyl (C=O) groups excluding carboxylic acids is 2. The second kappa shape index (κ2) is 10.3. The Morgan fingerprint density at radius 1 is 0.879 bits per heavy atom. The number of rotatable bonds is 8. The SMILES string of the molecule is O=C(Cn1c(SCC(=O)Nc2ccc(F)cc2)nc2ccccc21)NCc1ccc(F)cc1. The van der Waals surface area contributed by atoms with Crippen molar-refractivity contribution in [3.8, 4) is 0 Å². The molecule has 6 nitrogen and oxygen atoms in total. The van der Waals surface area contributed by atoms with Gasteiger partial charge in [0.25, 0.3) is 0 Å². The van der Waals surface area contributed by atoms with Gasteiger partial charge in [0.2, 0.25) is 11.8 Å². The quantitative estimate of drug-likeness (QED) is 0.379. The highest BCUT2D eigenvalue weighted by Gasteiger charge is 2.15. The fourth-order valence-electron chi connectivity index (χ4n) is 3.18. The van der Waals surface area contributed by atoms with E-state index in [4.69, 9.17) is 0 Å². The number of anilines is 1. The van der Waals surface area contributed by atoms with E-state index in [0.717, 1.165) is 11.1 Å². The molecule has 0 saturated carbocycles. The van der Waals surface area contributed by atoms with Crippen LogP contribution in [-0.2, 0) is 22.7 Å². The van der Waals surface area contributed by atoms with Gasteiger partial charge in [0.05, 0.1) is 16.8 Å². The highest BCUT2D eigenvalue weighted by molar-refractivity contribution is 7.99. The van der Waals surface area contributed by atoms with Gasteiger partial charge in [-0.2, -0.15) is 0 Å². The maximum atomic E-state index is 13.1. The standard InChI is InChI=1S/C24H20F2N4O2S/c25-17-7-5-16(6-8-17)13-27-22(31)14-30-21-4-2-1-3-20(21)29-24(30)33-15-23(32)28-19-11-9-18(26)10-12-19/h1-12H,13-15H2,(H,27,31)(H,28,32). The minimum atomic E-state index is -0.381. The van der Waals surface area contributed by atoms with E-state index in [0.29, 0.717) is 16.4 Å². The number of para-hydroxylation sites is 2. The van der Waals surface area contributed by atoms with Crippen LogP contribution in [0.2, 0.25) is 0 Å². The third-order valence-electron chi connectivity index (χ3n) is 4.78. The normalized spacial score (nSPS) is 10.8. The number of imidazole rings is 1. The molecule has 3 aromatic carbocycles. The second-order valence-corrected chi connectivity index (χ2v) is 8.16. The van der Waals surface area contributed by atoms with Gasteiger partial charge in [-0.1, -0.05) is 36.0 Å². The van der Waals surface area contributed by atoms with Gasteiger partial charge in [0, 0.05) is 12.2 Å². The molecule has 0 unspecified atom stereocenters. The first-order valence-corrected chi connectivity index (χ1v) is 11.1. The molecule has 0 radical (unpaired) electrons. The van der Waals surface area contributed by atoms with Gasteiger partial charge in [-0.3, -0.25) is 9.59 Å². The fourth-order valence-corrected chi connectivity index (χ4v) is 3.99. The van der Waals surface area contributed by atoms with Crippen LogP contribution in [0, 0.1) is 11.6 Å². The van der Waals surface area contributed by atoms with Crippen LogP contribution >= 0.6 is 11.8 Å². The molecule has 4 rings (SSSR count). The van der Waals surface area contributed by atoms with Crippen LogP contribution in [0.4, 0.5) is 14.5 Å². The van der Waals surface area contributed by atoms with Crippen LogP contribution in [0.1, 0.15) is 5.56 Å². The second-order valence-electron chi connectivity index (χ2n) is 7.22. The summed E-state index contributed by atoms with van der Waals surface area (Å²) >= 11 is 1.21. The Labute approximate surface area is 193 Å². The Morgan fingerprint density at radius 2 is 1.55 bits per heavy atom. The molecule has 0 aliphatic carbocycles. The number of amides is 2. The van der Waals surface area contributed by atoms with Crippen molar-refractivity contribution in [2.75, 3.05) is 11.1 Å². The first-order chi connectivity index (χ1) is 16.0. The van der Waals surface area contributed by atoms with Crippen molar-refractivity contribution in [2.45, 2.75) is 18.2 Å². The van der Waals surface area contributed by atoms with Crippen molar-refractivity contribution in [1.29, 1.82) is 0 Å². The summed E-state index contributed by atoms with van der Waals surface area (Å²) in [7, 11) is 0. The summed E-state index contributed by atoms with van der Waals surface area (Å²) in [6.07, 6.45) is 0. The minimum Gasteiger partial charge on any atom is -0.350 e. The predicted molar refractivity (Wildman–Crippen MR) is 124 cm³/mol. The Balaban J connectivity index is 1.42. The van der Waals surface area contributed by atoms with Crippen molar-refractivity contribution < 1.29 is 18.4 Å². The highest BCUT2D eigenvalue weighted by Crippen LogP contribution is 2.24. The molecule has 2 N–H and O–H groups in total. The Bertz CT molecular complexity index is 1270. The number of nitrogens with zero attached hydrogens (tertiary/aromatic N) is 2. The summed E-state index contributed by atoms with van der Waals surface area (Å²) in [5.74, 6) is -1.15. The van der Waals surface area contributed by atoms with E-state index in [1.807, 2.05) is 24.3 Å². The number of thioether (sulfide) groups is 1. The monoisotopic (exact) mass is 466 g/mol. The number of aromatic nitrogens is 2. The van der Waals surface area contributed by atoms with Gasteiger partial charge < -0.3 is 15.2 Å². The van der Waals surface area contributed by atoms with Crippen molar-refractivity contribution in [3.63, 3.8) is 0 Å². The van der Waals surface area contributed by atoms with Crippen LogP contribution in [0.3, 0.4) is 0 Å². The fraction of sp³-hybridized carbons (Fsp3) is 0.125. The highest BCUT2D eigenvalue weighted by atomic mass is 32.2. The lowest BCUT2D eigenvalue weighted by molar-refractivity contribution is -0.121. The summed E-state index contributed by atoms with van der Waals surface area (Å²) in [6, 6.07) is 18.8. The summed E-state index contributed by atoms with van der Waals surface area (Å²) < 4.78 is 27.8. The van der Waals surface area contributed by atoms with Crippen molar-refractivity contribution in [1.82, 2.24) is 14.9 Å². The lowest BCUT2D eigenvalue weighted by Gasteiger charge is -2.10. The Kier molecular flexibility index (Phi) is 6.99. The number of hydrogen-bond donors (Lipinski definition) is 2. The molecule has 0 aliphatic rings. The molecule has 0 spiro atoms. The van der Waals surface area contributed by atoms with Crippen LogP contribution in [-0.4, -0.2) is 27.1 Å². The molecule has 0 bridgehead atoms. The molecule has 1 aromatic heterocycles. The third kappa shape index (κ3) is 5.95. The molecule has 0 fully saturated rings. The van der Waals surface area contributed by atoms with E-state index in [-0.39, 0.29) is 42.3 Å². The molecule has 2 amide bonds. The largest absolute Gasteiger partial charge is 0.350 e. The zero-order valence-corrected chi connectivity index (χ0v) is 18.2.